The van der Waals surface area contributed by atoms with Gasteiger partial charge < -0.3 is 10.3 Å². The molecule has 2 N–H and O–H groups in total. The summed E-state index contributed by atoms with van der Waals surface area (Å²) in [6.07, 6.45) is 0. The highest BCUT2D eigenvalue weighted by molar-refractivity contribution is 5.29. The average Bonchev–Trinajstić information content (AvgIpc) is 2.60. The van der Waals surface area contributed by atoms with Crippen molar-refractivity contribution in [3.8, 4) is 0 Å². The first-order chi connectivity index (χ1) is 8.54. The summed E-state index contributed by atoms with van der Waals surface area (Å²) in [4.78, 5) is 0. The highest BCUT2D eigenvalue weighted by atomic mass is 19.1. The van der Waals surface area contributed by atoms with Crippen LogP contribution in [-0.2, 0) is 13.1 Å². The van der Waals surface area contributed by atoms with Crippen molar-refractivity contribution in [2.24, 2.45) is 5.73 Å². The quantitative estimate of drug-likeness (QED) is 0.892. The normalized spacial score (nSPS) is 10.9. The van der Waals surface area contributed by atoms with Crippen molar-refractivity contribution in [2.45, 2.75) is 26.9 Å². The van der Waals surface area contributed by atoms with Crippen molar-refractivity contribution >= 4 is 0 Å². The van der Waals surface area contributed by atoms with Crippen molar-refractivity contribution < 1.29 is 8.78 Å². The Labute approximate surface area is 105 Å². The summed E-state index contributed by atoms with van der Waals surface area (Å²) in [6, 6.07) is 5.87. The summed E-state index contributed by atoms with van der Waals surface area (Å²) in [7, 11) is 0. The van der Waals surface area contributed by atoms with E-state index in [2.05, 4.69) is 0 Å². The van der Waals surface area contributed by atoms with Gasteiger partial charge in [0.15, 0.2) is 0 Å². The van der Waals surface area contributed by atoms with Crippen LogP contribution in [0.1, 0.15) is 22.5 Å². The molecule has 2 nitrogen and oxygen atoms in total. The van der Waals surface area contributed by atoms with Gasteiger partial charge in [-0.2, -0.15) is 0 Å². The Balaban J connectivity index is 2.43. The van der Waals surface area contributed by atoms with E-state index in [-0.39, 0.29) is 12.1 Å². The first kappa shape index (κ1) is 12.8. The van der Waals surface area contributed by atoms with Crippen LogP contribution >= 0.6 is 0 Å². The van der Waals surface area contributed by atoms with Gasteiger partial charge in [0.2, 0.25) is 0 Å². The van der Waals surface area contributed by atoms with E-state index in [9.17, 15) is 8.78 Å². The molecule has 0 atom stereocenters. The molecular weight excluding hydrogens is 234 g/mol. The lowest BCUT2D eigenvalue weighted by molar-refractivity contribution is 0.541. The van der Waals surface area contributed by atoms with Gasteiger partial charge in [-0.05, 0) is 37.6 Å². The molecule has 2 rings (SSSR count). The summed E-state index contributed by atoms with van der Waals surface area (Å²) in [5, 5.41) is 0. The van der Waals surface area contributed by atoms with Crippen LogP contribution in [0.15, 0.2) is 24.3 Å². The molecule has 18 heavy (non-hydrogen) atoms. The van der Waals surface area contributed by atoms with E-state index in [1.807, 2.05) is 24.5 Å². The van der Waals surface area contributed by atoms with Crippen molar-refractivity contribution in [3.63, 3.8) is 0 Å². The standard InChI is InChI=1S/C14H16F2N2/c1-9-6-11(7-17)10(2)18(9)8-12-13(15)4-3-5-14(12)16/h3-6H,7-8,17H2,1-2H3. The number of aromatic nitrogens is 1. The summed E-state index contributed by atoms with van der Waals surface area (Å²) < 4.78 is 29.1. The third kappa shape index (κ3) is 2.16. The molecule has 0 saturated heterocycles. The molecule has 1 aromatic carbocycles. The highest BCUT2D eigenvalue weighted by Crippen LogP contribution is 2.19. The molecule has 1 heterocycles. The highest BCUT2D eigenvalue weighted by Gasteiger charge is 2.13. The molecular formula is C14H16F2N2. The second-order valence-corrected chi connectivity index (χ2v) is 4.39. The SMILES string of the molecule is Cc1cc(CN)c(C)n1Cc1c(F)cccc1F. The van der Waals surface area contributed by atoms with Gasteiger partial charge in [0, 0.05) is 23.5 Å². The maximum atomic E-state index is 13.6. The topological polar surface area (TPSA) is 30.9 Å². The molecule has 4 heteroatoms. The molecule has 0 saturated carbocycles. The van der Waals surface area contributed by atoms with Gasteiger partial charge in [-0.3, -0.25) is 0 Å². The van der Waals surface area contributed by atoms with Crippen LogP contribution < -0.4 is 5.73 Å². The van der Waals surface area contributed by atoms with Crippen LogP contribution in [0.5, 0.6) is 0 Å². The molecule has 1 aromatic heterocycles. The maximum absolute atomic E-state index is 13.6. The summed E-state index contributed by atoms with van der Waals surface area (Å²) in [5.41, 5.74) is 8.62. The minimum absolute atomic E-state index is 0.0860. The Hall–Kier alpha value is -1.68. The first-order valence-electron chi connectivity index (χ1n) is 5.83. The fourth-order valence-electron chi connectivity index (χ4n) is 2.16. The van der Waals surface area contributed by atoms with E-state index in [4.69, 9.17) is 5.73 Å². The molecule has 2 aromatic rings. The minimum atomic E-state index is -0.517. The zero-order chi connectivity index (χ0) is 13.3. The number of nitrogens with zero attached hydrogens (tertiary/aromatic N) is 1. The van der Waals surface area contributed by atoms with Gasteiger partial charge in [-0.1, -0.05) is 6.07 Å². The second kappa shape index (κ2) is 4.90. The Morgan fingerprint density at radius 2 is 1.78 bits per heavy atom. The van der Waals surface area contributed by atoms with Crippen molar-refractivity contribution in [2.75, 3.05) is 0 Å². The smallest absolute Gasteiger partial charge is 0.131 e. The lowest BCUT2D eigenvalue weighted by Gasteiger charge is -2.11. The maximum Gasteiger partial charge on any atom is 0.131 e. The third-order valence-electron chi connectivity index (χ3n) is 3.28. The molecule has 0 fully saturated rings. The largest absolute Gasteiger partial charge is 0.344 e. The zero-order valence-corrected chi connectivity index (χ0v) is 10.5. The molecule has 96 valence electrons. The number of nitrogens with two attached hydrogens (primary N) is 1. The van der Waals surface area contributed by atoms with Crippen LogP contribution in [0.4, 0.5) is 8.78 Å². The molecule has 0 radical (unpaired) electrons. The van der Waals surface area contributed by atoms with Gasteiger partial charge in [0.1, 0.15) is 11.6 Å². The molecule has 0 bridgehead atoms. The Morgan fingerprint density at radius 3 is 2.28 bits per heavy atom. The lowest BCUT2D eigenvalue weighted by Crippen LogP contribution is -2.08. The predicted octanol–water partition coefficient (Wildman–Crippen LogP) is 2.89. The Morgan fingerprint density at radius 1 is 1.17 bits per heavy atom. The third-order valence-corrected chi connectivity index (χ3v) is 3.28. The molecule has 0 amide bonds. The van der Waals surface area contributed by atoms with Crippen molar-refractivity contribution in [1.82, 2.24) is 4.57 Å². The molecule has 0 aliphatic carbocycles. The van der Waals surface area contributed by atoms with Gasteiger partial charge in [-0.15, -0.1) is 0 Å². The van der Waals surface area contributed by atoms with E-state index >= 15 is 0 Å². The van der Waals surface area contributed by atoms with Crippen LogP contribution in [-0.4, -0.2) is 4.57 Å². The number of rotatable bonds is 3. The average molecular weight is 250 g/mol. The minimum Gasteiger partial charge on any atom is -0.344 e. The van der Waals surface area contributed by atoms with E-state index in [0.29, 0.717) is 6.54 Å². The number of benzene rings is 1. The zero-order valence-electron chi connectivity index (χ0n) is 10.5. The first-order valence-corrected chi connectivity index (χ1v) is 5.83. The van der Waals surface area contributed by atoms with E-state index in [0.717, 1.165) is 17.0 Å². The van der Waals surface area contributed by atoms with Gasteiger partial charge in [0.05, 0.1) is 6.54 Å². The van der Waals surface area contributed by atoms with Gasteiger partial charge >= 0.3 is 0 Å². The Bertz CT molecular complexity index is 553. The lowest BCUT2D eigenvalue weighted by atomic mass is 10.2. The Kier molecular flexibility index (Phi) is 3.48. The summed E-state index contributed by atoms with van der Waals surface area (Å²) in [5.74, 6) is -1.03. The fraction of sp³-hybridized carbons (Fsp3) is 0.286. The molecule has 0 spiro atoms. The van der Waals surface area contributed by atoms with Gasteiger partial charge in [-0.25, -0.2) is 8.78 Å². The molecule has 0 aliphatic heterocycles. The summed E-state index contributed by atoms with van der Waals surface area (Å²) in [6.45, 7) is 4.44. The second-order valence-electron chi connectivity index (χ2n) is 4.39. The summed E-state index contributed by atoms with van der Waals surface area (Å²) >= 11 is 0. The van der Waals surface area contributed by atoms with Crippen LogP contribution in [0.25, 0.3) is 0 Å². The van der Waals surface area contributed by atoms with E-state index in [1.54, 1.807) is 0 Å². The number of hydrogen-bond donors (Lipinski definition) is 1. The molecule has 0 aliphatic rings. The molecule has 0 unspecified atom stereocenters. The fourth-order valence-corrected chi connectivity index (χ4v) is 2.16. The van der Waals surface area contributed by atoms with Crippen molar-refractivity contribution in [1.29, 1.82) is 0 Å². The number of halogens is 2. The van der Waals surface area contributed by atoms with Crippen LogP contribution in [0.2, 0.25) is 0 Å². The predicted molar refractivity (Wildman–Crippen MR) is 67.3 cm³/mol. The van der Waals surface area contributed by atoms with Crippen LogP contribution in [0, 0.1) is 25.5 Å². The number of aryl methyl sites for hydroxylation is 1. The van der Waals surface area contributed by atoms with Crippen molar-refractivity contribution in [3.05, 3.63) is 58.4 Å². The monoisotopic (exact) mass is 250 g/mol. The van der Waals surface area contributed by atoms with Gasteiger partial charge in [0.25, 0.3) is 0 Å². The van der Waals surface area contributed by atoms with E-state index in [1.165, 1.54) is 18.2 Å². The number of hydrogen-bond acceptors (Lipinski definition) is 1. The van der Waals surface area contributed by atoms with E-state index < -0.39 is 11.6 Å². The van der Waals surface area contributed by atoms with Crippen LogP contribution in [0.3, 0.4) is 0 Å².